The number of rotatable bonds is 3. The monoisotopic (exact) mass is 402 g/mol. The van der Waals surface area contributed by atoms with Gasteiger partial charge in [-0.2, -0.15) is 5.10 Å². The molecule has 1 amide bonds. The number of anilines is 1. The predicted molar refractivity (Wildman–Crippen MR) is 110 cm³/mol. The third-order valence-electron chi connectivity index (χ3n) is 5.15. The van der Waals surface area contributed by atoms with Crippen molar-refractivity contribution >= 4 is 45.8 Å². The molecule has 140 valence electrons. The Kier molecular flexibility index (Phi) is 5.08. The van der Waals surface area contributed by atoms with E-state index in [2.05, 4.69) is 27.5 Å². The standard InChI is InChI=1S/C20H20Cl2N4O/c1-26-9-7-12(8-10-26)20(27)23-19-14-11-13(5-6-17(14)24-25-19)18-15(21)3-2-4-16(18)22/h2-6,11-12H,7-10H2,1H3,(H2,23,24,25,27). The average Bonchev–Trinajstić information content (AvgIpc) is 3.04. The minimum Gasteiger partial charge on any atom is -0.308 e. The van der Waals surface area contributed by atoms with Crippen LogP contribution < -0.4 is 5.32 Å². The number of hydrogen-bond donors (Lipinski definition) is 2. The van der Waals surface area contributed by atoms with Crippen molar-refractivity contribution in [1.29, 1.82) is 0 Å². The molecule has 5 nitrogen and oxygen atoms in total. The van der Waals surface area contributed by atoms with Gasteiger partial charge in [0, 0.05) is 26.9 Å². The molecule has 7 heteroatoms. The highest BCUT2D eigenvalue weighted by Crippen LogP contribution is 2.36. The maximum atomic E-state index is 12.7. The maximum Gasteiger partial charge on any atom is 0.228 e. The van der Waals surface area contributed by atoms with Crippen LogP contribution in [0.5, 0.6) is 0 Å². The molecule has 0 radical (unpaired) electrons. The molecule has 0 bridgehead atoms. The van der Waals surface area contributed by atoms with Crippen LogP contribution in [0.2, 0.25) is 10.0 Å². The van der Waals surface area contributed by atoms with E-state index in [1.165, 1.54) is 0 Å². The number of hydrogen-bond acceptors (Lipinski definition) is 3. The second kappa shape index (κ2) is 7.50. The van der Waals surface area contributed by atoms with Crippen molar-refractivity contribution < 1.29 is 4.79 Å². The summed E-state index contributed by atoms with van der Waals surface area (Å²) in [5.74, 6) is 0.589. The summed E-state index contributed by atoms with van der Waals surface area (Å²) >= 11 is 12.7. The molecule has 0 atom stereocenters. The fraction of sp³-hybridized carbons (Fsp3) is 0.300. The summed E-state index contributed by atoms with van der Waals surface area (Å²) in [6, 6.07) is 11.3. The molecule has 27 heavy (non-hydrogen) atoms. The number of nitrogens with one attached hydrogen (secondary N) is 2. The minimum absolute atomic E-state index is 0.0224. The normalized spacial score (nSPS) is 16.0. The SMILES string of the molecule is CN1CCC(C(=O)Nc2n[nH]c3ccc(-c4c(Cl)cccc4Cl)cc23)CC1. The van der Waals surface area contributed by atoms with Crippen molar-refractivity contribution in [3.63, 3.8) is 0 Å². The van der Waals surface area contributed by atoms with E-state index in [0.29, 0.717) is 15.9 Å². The molecule has 1 fully saturated rings. The van der Waals surface area contributed by atoms with Crippen LogP contribution in [0.1, 0.15) is 12.8 Å². The Morgan fingerprint density at radius 3 is 2.59 bits per heavy atom. The van der Waals surface area contributed by atoms with E-state index in [0.717, 1.165) is 48.0 Å². The first-order valence-electron chi connectivity index (χ1n) is 8.95. The first-order chi connectivity index (χ1) is 13.0. The van der Waals surface area contributed by atoms with Crippen molar-refractivity contribution in [2.45, 2.75) is 12.8 Å². The number of carbonyl (C=O) groups is 1. The van der Waals surface area contributed by atoms with E-state index < -0.39 is 0 Å². The van der Waals surface area contributed by atoms with E-state index in [1.807, 2.05) is 36.4 Å². The molecule has 1 aliphatic rings. The van der Waals surface area contributed by atoms with Crippen molar-refractivity contribution in [3.05, 3.63) is 46.4 Å². The summed E-state index contributed by atoms with van der Waals surface area (Å²) in [6.07, 6.45) is 1.73. The number of aromatic amines is 1. The molecule has 0 aliphatic carbocycles. The Balaban J connectivity index is 1.64. The van der Waals surface area contributed by atoms with Crippen LogP contribution >= 0.6 is 23.2 Å². The van der Waals surface area contributed by atoms with Crippen molar-refractivity contribution in [1.82, 2.24) is 15.1 Å². The van der Waals surface area contributed by atoms with Crippen LogP contribution in [0.3, 0.4) is 0 Å². The largest absolute Gasteiger partial charge is 0.308 e. The maximum absolute atomic E-state index is 12.7. The Morgan fingerprint density at radius 1 is 1.19 bits per heavy atom. The first-order valence-corrected chi connectivity index (χ1v) is 9.70. The van der Waals surface area contributed by atoms with E-state index >= 15 is 0 Å². The lowest BCUT2D eigenvalue weighted by atomic mass is 9.96. The second-order valence-electron chi connectivity index (χ2n) is 7.00. The number of H-pyrrole nitrogens is 1. The van der Waals surface area contributed by atoms with Gasteiger partial charge < -0.3 is 10.2 Å². The van der Waals surface area contributed by atoms with Crippen molar-refractivity contribution in [3.8, 4) is 11.1 Å². The minimum atomic E-state index is 0.0224. The highest BCUT2D eigenvalue weighted by atomic mass is 35.5. The van der Waals surface area contributed by atoms with Crippen LogP contribution in [-0.4, -0.2) is 41.1 Å². The van der Waals surface area contributed by atoms with Crippen LogP contribution in [0.4, 0.5) is 5.82 Å². The summed E-state index contributed by atoms with van der Waals surface area (Å²) in [6.45, 7) is 1.88. The predicted octanol–water partition coefficient (Wildman–Crippen LogP) is 4.82. The fourth-order valence-electron chi connectivity index (χ4n) is 3.53. The molecule has 0 saturated carbocycles. The number of benzene rings is 2. The van der Waals surface area contributed by atoms with E-state index in [1.54, 1.807) is 0 Å². The molecule has 0 unspecified atom stereocenters. The average molecular weight is 403 g/mol. The van der Waals surface area contributed by atoms with Gasteiger partial charge in [0.05, 0.1) is 5.52 Å². The molecule has 2 aromatic carbocycles. The quantitative estimate of drug-likeness (QED) is 0.660. The number of fused-ring (bicyclic) bond motifs is 1. The summed E-state index contributed by atoms with van der Waals surface area (Å²) < 4.78 is 0. The third-order valence-corrected chi connectivity index (χ3v) is 5.78. The number of aromatic nitrogens is 2. The lowest BCUT2D eigenvalue weighted by molar-refractivity contribution is -0.121. The molecule has 2 N–H and O–H groups in total. The fourth-order valence-corrected chi connectivity index (χ4v) is 4.14. The molecular weight excluding hydrogens is 383 g/mol. The molecule has 3 aromatic rings. The van der Waals surface area contributed by atoms with E-state index in [4.69, 9.17) is 23.2 Å². The number of nitrogens with zero attached hydrogens (tertiary/aromatic N) is 2. The van der Waals surface area contributed by atoms with E-state index in [9.17, 15) is 4.79 Å². The smallest absolute Gasteiger partial charge is 0.228 e. The van der Waals surface area contributed by atoms with Gasteiger partial charge >= 0.3 is 0 Å². The highest BCUT2D eigenvalue weighted by molar-refractivity contribution is 6.39. The summed E-state index contributed by atoms with van der Waals surface area (Å²) in [4.78, 5) is 14.9. The van der Waals surface area contributed by atoms with Crippen molar-refractivity contribution in [2.24, 2.45) is 5.92 Å². The van der Waals surface area contributed by atoms with Gasteiger partial charge in [0.1, 0.15) is 0 Å². The van der Waals surface area contributed by atoms with Gasteiger partial charge in [-0.25, -0.2) is 0 Å². The Morgan fingerprint density at radius 2 is 1.89 bits per heavy atom. The molecule has 2 heterocycles. The number of halogens is 2. The number of likely N-dealkylation sites (tertiary alicyclic amines) is 1. The molecular formula is C20H20Cl2N4O. The molecule has 1 aliphatic heterocycles. The Labute approximate surface area is 167 Å². The van der Waals surface area contributed by atoms with Gasteiger partial charge in [-0.1, -0.05) is 35.3 Å². The molecule has 4 rings (SSSR count). The van der Waals surface area contributed by atoms with Crippen LogP contribution in [0.25, 0.3) is 22.0 Å². The molecule has 1 saturated heterocycles. The lowest BCUT2D eigenvalue weighted by Gasteiger charge is -2.27. The zero-order valence-corrected chi connectivity index (χ0v) is 16.4. The van der Waals surface area contributed by atoms with E-state index in [-0.39, 0.29) is 11.8 Å². The zero-order valence-electron chi connectivity index (χ0n) is 14.9. The molecule has 0 spiro atoms. The third kappa shape index (κ3) is 3.68. The number of carbonyl (C=O) groups excluding carboxylic acids is 1. The first kappa shape index (κ1) is 18.3. The van der Waals surface area contributed by atoms with Gasteiger partial charge in [-0.15, -0.1) is 0 Å². The Bertz CT molecular complexity index is 973. The topological polar surface area (TPSA) is 61.0 Å². The lowest BCUT2D eigenvalue weighted by Crippen LogP contribution is -2.36. The number of piperidine rings is 1. The van der Waals surface area contributed by atoms with Gasteiger partial charge in [-0.05, 0) is 62.8 Å². The summed E-state index contributed by atoms with van der Waals surface area (Å²) in [7, 11) is 2.08. The highest BCUT2D eigenvalue weighted by Gasteiger charge is 2.24. The summed E-state index contributed by atoms with van der Waals surface area (Å²) in [5, 5.41) is 12.3. The van der Waals surface area contributed by atoms with Gasteiger partial charge in [-0.3, -0.25) is 9.89 Å². The van der Waals surface area contributed by atoms with Crippen molar-refractivity contribution in [2.75, 3.05) is 25.5 Å². The Hall–Kier alpha value is -2.08. The summed E-state index contributed by atoms with van der Waals surface area (Å²) in [5.41, 5.74) is 2.51. The molecule has 1 aromatic heterocycles. The zero-order chi connectivity index (χ0) is 19.0. The van der Waals surface area contributed by atoms with Gasteiger partial charge in [0.25, 0.3) is 0 Å². The van der Waals surface area contributed by atoms with Gasteiger partial charge in [0.2, 0.25) is 5.91 Å². The number of amides is 1. The van der Waals surface area contributed by atoms with Gasteiger partial charge in [0.15, 0.2) is 5.82 Å². The second-order valence-corrected chi connectivity index (χ2v) is 7.81. The van der Waals surface area contributed by atoms with Crippen LogP contribution in [-0.2, 0) is 4.79 Å². The van der Waals surface area contributed by atoms with Crippen LogP contribution in [0.15, 0.2) is 36.4 Å². The van der Waals surface area contributed by atoms with Crippen LogP contribution in [0, 0.1) is 5.92 Å².